The Morgan fingerprint density at radius 2 is 1.91 bits per heavy atom. The molecular formula is C21H32O2. The second-order valence-corrected chi connectivity index (χ2v) is 9.23. The van der Waals surface area contributed by atoms with Crippen molar-refractivity contribution < 1.29 is 10.2 Å². The van der Waals surface area contributed by atoms with Gasteiger partial charge in [0.05, 0.1) is 12.2 Å². The summed E-state index contributed by atoms with van der Waals surface area (Å²) in [5, 5.41) is 20.6. The van der Waals surface area contributed by atoms with Gasteiger partial charge in [-0.25, -0.2) is 0 Å². The first kappa shape index (κ1) is 15.9. The molecule has 2 unspecified atom stereocenters. The molecular weight excluding hydrogens is 284 g/mol. The van der Waals surface area contributed by atoms with Crippen molar-refractivity contribution >= 4 is 0 Å². The van der Waals surface area contributed by atoms with Crippen molar-refractivity contribution in [3.63, 3.8) is 0 Å². The third kappa shape index (κ3) is 2.28. The zero-order chi connectivity index (χ0) is 16.4. The summed E-state index contributed by atoms with van der Waals surface area (Å²) in [6.45, 7) is 7.32. The highest BCUT2D eigenvalue weighted by Crippen LogP contribution is 2.63. The quantitative estimate of drug-likeness (QED) is 0.765. The lowest BCUT2D eigenvalue weighted by Crippen LogP contribution is -2.46. The Morgan fingerprint density at radius 3 is 2.65 bits per heavy atom. The summed E-state index contributed by atoms with van der Waals surface area (Å²) in [7, 11) is 0. The molecule has 0 aromatic carbocycles. The van der Waals surface area contributed by atoms with Crippen molar-refractivity contribution in [1.82, 2.24) is 0 Å². The highest BCUT2D eigenvalue weighted by Gasteiger charge is 2.54. The Balaban J connectivity index is 1.68. The molecule has 0 heterocycles. The summed E-state index contributed by atoms with van der Waals surface area (Å²) in [4.78, 5) is 0. The Kier molecular flexibility index (Phi) is 3.77. The predicted molar refractivity (Wildman–Crippen MR) is 92.8 cm³/mol. The maximum atomic E-state index is 10.6. The SMILES string of the molecule is CC(C)[C@H]1CC[C@H]2C3=CC=C4CC(O)CC(O)[C@@H]4[C@H]3CC[C@]12C. The molecule has 0 saturated heterocycles. The average Bonchev–Trinajstić information content (AvgIpc) is 2.83. The van der Waals surface area contributed by atoms with E-state index >= 15 is 0 Å². The lowest BCUT2D eigenvalue weighted by Gasteiger charge is -2.51. The second kappa shape index (κ2) is 5.46. The molecule has 0 aromatic heterocycles. The summed E-state index contributed by atoms with van der Waals surface area (Å²) in [5.74, 6) is 3.14. The minimum Gasteiger partial charge on any atom is -0.393 e. The summed E-state index contributed by atoms with van der Waals surface area (Å²) in [6, 6.07) is 0. The number of fused-ring (bicyclic) bond motifs is 5. The van der Waals surface area contributed by atoms with Gasteiger partial charge in [0, 0.05) is 12.3 Å². The van der Waals surface area contributed by atoms with E-state index in [9.17, 15) is 10.2 Å². The van der Waals surface area contributed by atoms with E-state index in [1.165, 1.54) is 31.3 Å². The van der Waals surface area contributed by atoms with E-state index in [1.807, 2.05) is 0 Å². The maximum Gasteiger partial charge on any atom is 0.0636 e. The fourth-order valence-electron chi connectivity index (χ4n) is 6.86. The number of hydrogen-bond acceptors (Lipinski definition) is 2. The molecule has 128 valence electrons. The highest BCUT2D eigenvalue weighted by atomic mass is 16.3. The third-order valence-electron chi connectivity index (χ3n) is 7.79. The van der Waals surface area contributed by atoms with Crippen LogP contribution in [0.1, 0.15) is 59.3 Å². The van der Waals surface area contributed by atoms with Crippen LogP contribution >= 0.6 is 0 Å². The molecule has 2 nitrogen and oxygen atoms in total. The van der Waals surface area contributed by atoms with Crippen LogP contribution in [-0.2, 0) is 0 Å². The minimum atomic E-state index is -0.356. The molecule has 0 amide bonds. The molecule has 4 aliphatic carbocycles. The first-order valence-electron chi connectivity index (χ1n) is 9.68. The smallest absolute Gasteiger partial charge is 0.0636 e. The maximum absolute atomic E-state index is 10.6. The second-order valence-electron chi connectivity index (χ2n) is 9.23. The topological polar surface area (TPSA) is 40.5 Å². The van der Waals surface area contributed by atoms with Crippen LogP contribution in [-0.4, -0.2) is 22.4 Å². The molecule has 0 bridgehead atoms. The van der Waals surface area contributed by atoms with Crippen molar-refractivity contribution in [3.05, 3.63) is 23.3 Å². The highest BCUT2D eigenvalue weighted by molar-refractivity contribution is 5.36. The van der Waals surface area contributed by atoms with E-state index in [1.54, 1.807) is 5.57 Å². The summed E-state index contributed by atoms with van der Waals surface area (Å²) in [6.07, 6.45) is 10.5. The largest absolute Gasteiger partial charge is 0.393 e. The summed E-state index contributed by atoms with van der Waals surface area (Å²) < 4.78 is 0. The average molecular weight is 316 g/mol. The number of allylic oxidation sites excluding steroid dienone is 3. The Morgan fingerprint density at radius 1 is 1.13 bits per heavy atom. The molecule has 7 atom stereocenters. The lowest BCUT2D eigenvalue weighted by molar-refractivity contribution is -0.00486. The van der Waals surface area contributed by atoms with Gasteiger partial charge >= 0.3 is 0 Å². The van der Waals surface area contributed by atoms with Gasteiger partial charge in [0.2, 0.25) is 0 Å². The van der Waals surface area contributed by atoms with Gasteiger partial charge in [0.1, 0.15) is 0 Å². The number of hydrogen-bond donors (Lipinski definition) is 2. The van der Waals surface area contributed by atoms with E-state index in [0.29, 0.717) is 23.7 Å². The van der Waals surface area contributed by atoms with E-state index < -0.39 is 0 Å². The van der Waals surface area contributed by atoms with Gasteiger partial charge in [-0.2, -0.15) is 0 Å². The van der Waals surface area contributed by atoms with Crippen molar-refractivity contribution in [1.29, 1.82) is 0 Å². The van der Waals surface area contributed by atoms with Crippen LogP contribution in [0, 0.1) is 35.0 Å². The zero-order valence-corrected chi connectivity index (χ0v) is 14.8. The van der Waals surface area contributed by atoms with Gasteiger partial charge in [0.15, 0.2) is 0 Å². The summed E-state index contributed by atoms with van der Waals surface area (Å²) >= 11 is 0. The van der Waals surface area contributed by atoms with E-state index in [-0.39, 0.29) is 18.1 Å². The van der Waals surface area contributed by atoms with Crippen LogP contribution in [0.2, 0.25) is 0 Å². The molecule has 23 heavy (non-hydrogen) atoms. The molecule has 3 saturated carbocycles. The first-order chi connectivity index (χ1) is 10.9. The standard InChI is InChI=1S/C21H32O2/c1-12(2)17-6-7-18-15-5-4-13-10-14(22)11-19(23)20(13)16(15)8-9-21(17,18)3/h4-5,12,14,16-20,22-23H,6-11H2,1-3H3/t14?,16-,17+,18-,19?,20-,21+/m0/s1. The number of aliphatic hydroxyl groups is 2. The van der Waals surface area contributed by atoms with Crippen LogP contribution in [0.15, 0.2) is 23.3 Å². The molecule has 0 spiro atoms. The van der Waals surface area contributed by atoms with Gasteiger partial charge in [-0.3, -0.25) is 0 Å². The lowest BCUT2D eigenvalue weighted by atomic mass is 9.54. The molecule has 0 radical (unpaired) electrons. The molecule has 3 fully saturated rings. The van der Waals surface area contributed by atoms with E-state index in [4.69, 9.17) is 0 Å². The van der Waals surface area contributed by atoms with Crippen LogP contribution in [0.25, 0.3) is 0 Å². The Hall–Kier alpha value is -0.600. The molecule has 2 N–H and O–H groups in total. The zero-order valence-electron chi connectivity index (χ0n) is 14.8. The van der Waals surface area contributed by atoms with Crippen LogP contribution in [0.5, 0.6) is 0 Å². The van der Waals surface area contributed by atoms with Gasteiger partial charge in [-0.05, 0) is 61.2 Å². The monoisotopic (exact) mass is 316 g/mol. The van der Waals surface area contributed by atoms with Crippen molar-refractivity contribution in [2.75, 3.05) is 0 Å². The van der Waals surface area contributed by atoms with Crippen molar-refractivity contribution in [2.24, 2.45) is 35.0 Å². The Bertz CT molecular complexity index is 546. The first-order valence-corrected chi connectivity index (χ1v) is 9.68. The molecule has 2 heteroatoms. The molecule has 4 rings (SSSR count). The molecule has 4 aliphatic rings. The normalized spacial score (nSPS) is 49.1. The van der Waals surface area contributed by atoms with Gasteiger partial charge in [-0.15, -0.1) is 0 Å². The number of rotatable bonds is 1. The van der Waals surface area contributed by atoms with Gasteiger partial charge in [-0.1, -0.05) is 44.1 Å². The van der Waals surface area contributed by atoms with Gasteiger partial charge in [0.25, 0.3) is 0 Å². The van der Waals surface area contributed by atoms with E-state index in [0.717, 1.165) is 18.3 Å². The Labute approximate surface area is 140 Å². The minimum absolute atomic E-state index is 0.279. The van der Waals surface area contributed by atoms with E-state index in [2.05, 4.69) is 32.9 Å². The molecule has 0 aromatic rings. The van der Waals surface area contributed by atoms with Crippen LogP contribution in [0.3, 0.4) is 0 Å². The summed E-state index contributed by atoms with van der Waals surface area (Å²) in [5.41, 5.74) is 3.39. The van der Waals surface area contributed by atoms with Crippen molar-refractivity contribution in [3.8, 4) is 0 Å². The predicted octanol–water partition coefficient (Wildman–Crippen LogP) is 4.08. The fraction of sp³-hybridized carbons (Fsp3) is 0.810. The van der Waals surface area contributed by atoms with Crippen molar-refractivity contribution in [2.45, 2.75) is 71.5 Å². The van der Waals surface area contributed by atoms with Crippen LogP contribution < -0.4 is 0 Å². The third-order valence-corrected chi connectivity index (χ3v) is 7.79. The van der Waals surface area contributed by atoms with Gasteiger partial charge < -0.3 is 10.2 Å². The van der Waals surface area contributed by atoms with Crippen LogP contribution in [0.4, 0.5) is 0 Å². The fourth-order valence-corrected chi connectivity index (χ4v) is 6.86. The number of aliphatic hydroxyl groups excluding tert-OH is 2. The molecule has 0 aliphatic heterocycles.